The Balaban J connectivity index is 1.52. The molecule has 0 aromatic heterocycles. The predicted molar refractivity (Wildman–Crippen MR) is 172 cm³/mol. The lowest BCUT2D eigenvalue weighted by molar-refractivity contribution is 0.624. The maximum Gasteiger partial charge on any atom is 0.241 e. The van der Waals surface area contributed by atoms with Crippen molar-refractivity contribution in [3.63, 3.8) is 0 Å². The number of benzene rings is 4. The first-order valence-electron chi connectivity index (χ1n) is 14.3. The maximum absolute atomic E-state index is 2.69. The van der Waals surface area contributed by atoms with Gasteiger partial charge in [0.15, 0.2) is 0 Å². The van der Waals surface area contributed by atoms with E-state index in [1.165, 1.54) is 54.4 Å². The van der Waals surface area contributed by atoms with Crippen LogP contribution in [0.15, 0.2) is 154 Å². The van der Waals surface area contributed by atoms with E-state index in [2.05, 4.69) is 146 Å². The molecule has 0 amide bonds. The largest absolute Gasteiger partial charge is 0.335 e. The van der Waals surface area contributed by atoms with Crippen LogP contribution in [0.25, 0.3) is 11.1 Å². The Bertz CT molecular complexity index is 1760. The van der Waals surface area contributed by atoms with Gasteiger partial charge in [0.25, 0.3) is 0 Å². The van der Waals surface area contributed by atoms with Crippen molar-refractivity contribution in [3.8, 4) is 0 Å². The fourth-order valence-corrected chi connectivity index (χ4v) is 8.79. The molecule has 2 aliphatic carbocycles. The van der Waals surface area contributed by atoms with Gasteiger partial charge in [-0.3, -0.25) is 0 Å². The second-order valence-corrected chi connectivity index (χ2v) is 12.7. The van der Waals surface area contributed by atoms with E-state index in [1.54, 1.807) is 5.47 Å². The number of para-hydroxylation sites is 1. The predicted octanol–water partition coefficient (Wildman–Crippen LogP) is 8.58. The third-order valence-corrected chi connectivity index (χ3v) is 10.3. The Kier molecular flexibility index (Phi) is 5.40. The van der Waals surface area contributed by atoms with E-state index in [0.717, 1.165) is 6.42 Å². The highest BCUT2D eigenvalue weighted by Crippen LogP contribution is 2.61. The summed E-state index contributed by atoms with van der Waals surface area (Å²) in [6.07, 6.45) is 5.79. The topological polar surface area (TPSA) is 3.24 Å². The van der Waals surface area contributed by atoms with Crippen LogP contribution < -0.4 is 10.4 Å². The molecule has 0 saturated carbocycles. The second-order valence-electron chi connectivity index (χ2n) is 11.6. The number of hydrogen-bond acceptors (Lipinski definition) is 2. The Morgan fingerprint density at radius 1 is 0.750 bits per heavy atom. The van der Waals surface area contributed by atoms with E-state index in [4.69, 9.17) is 0 Å². The molecular weight excluding hydrogens is 501 g/mol. The van der Waals surface area contributed by atoms with Gasteiger partial charge in [0, 0.05) is 32.2 Å². The molecule has 0 bridgehead atoms. The van der Waals surface area contributed by atoms with Crippen molar-refractivity contribution in [1.82, 2.24) is 0 Å². The molecule has 4 aromatic rings. The average Bonchev–Trinajstić information content (AvgIpc) is 3.25. The number of hydrogen-bond donors (Lipinski definition) is 0. The Hall–Kier alpha value is -3.95. The molecule has 192 valence electrons. The number of anilines is 1. The van der Waals surface area contributed by atoms with Crippen molar-refractivity contribution in [2.75, 3.05) is 4.90 Å². The van der Waals surface area contributed by atoms with Crippen LogP contribution in [0.3, 0.4) is 0 Å². The van der Waals surface area contributed by atoms with E-state index in [-0.39, 0.29) is 18.2 Å². The highest BCUT2D eigenvalue weighted by atomic mass is 32.2. The summed E-state index contributed by atoms with van der Waals surface area (Å²) in [7, 11) is 0. The number of rotatable bonds is 3. The SMILES string of the molecule is CC1(C)C2=C(C(c3ccccc3)=C1c1ccccc1)N(c1ccccc1)C1CC=CC3=C1B2c1ccccc1S3. The lowest BCUT2D eigenvalue weighted by Crippen LogP contribution is -2.55. The monoisotopic (exact) mass is 531 g/mol. The molecule has 40 heavy (non-hydrogen) atoms. The molecular formula is C37H30BNS. The number of fused-ring (bicyclic) bond motifs is 3. The summed E-state index contributed by atoms with van der Waals surface area (Å²) in [6, 6.07) is 42.7. The van der Waals surface area contributed by atoms with Gasteiger partial charge >= 0.3 is 0 Å². The van der Waals surface area contributed by atoms with Gasteiger partial charge < -0.3 is 4.90 Å². The Labute approximate surface area is 241 Å². The standard InChI is InChI=1S/C37H30BNS/c1-37(2)33(26-17-8-4-9-18-26)32(25-15-6-3-7-16-25)35-36(37)38-28-21-12-13-23-30(28)40-31-24-14-22-29(34(31)38)39(35)27-19-10-5-11-20-27/h3-21,23-24,29H,22H2,1-2H3. The van der Waals surface area contributed by atoms with Gasteiger partial charge in [0.1, 0.15) is 0 Å². The zero-order valence-corrected chi connectivity index (χ0v) is 23.7. The highest BCUT2D eigenvalue weighted by molar-refractivity contribution is 8.03. The van der Waals surface area contributed by atoms with Crippen LogP contribution in [-0.4, -0.2) is 12.8 Å². The summed E-state index contributed by atoms with van der Waals surface area (Å²) < 4.78 is 0. The van der Waals surface area contributed by atoms with Gasteiger partial charge in [-0.25, -0.2) is 0 Å². The third kappa shape index (κ3) is 3.37. The Morgan fingerprint density at radius 2 is 1.38 bits per heavy atom. The lowest BCUT2D eigenvalue weighted by Gasteiger charge is -2.49. The van der Waals surface area contributed by atoms with Crippen LogP contribution in [0.2, 0.25) is 0 Å². The van der Waals surface area contributed by atoms with Crippen molar-refractivity contribution in [3.05, 3.63) is 160 Å². The normalized spacial score (nSPS) is 20.5. The molecule has 1 nitrogen and oxygen atoms in total. The third-order valence-electron chi connectivity index (χ3n) is 9.07. The van der Waals surface area contributed by atoms with Gasteiger partial charge in [0.05, 0.1) is 6.04 Å². The fraction of sp³-hybridized carbons (Fsp3) is 0.135. The lowest BCUT2D eigenvalue weighted by atomic mass is 9.29. The zero-order valence-electron chi connectivity index (χ0n) is 22.8. The maximum atomic E-state index is 2.69. The summed E-state index contributed by atoms with van der Waals surface area (Å²) in [6.45, 7) is 5.19. The summed E-state index contributed by atoms with van der Waals surface area (Å²) in [5.41, 5.74) is 12.4. The van der Waals surface area contributed by atoms with Gasteiger partial charge in [-0.05, 0) is 41.3 Å². The molecule has 4 aliphatic rings. The first-order chi connectivity index (χ1) is 19.6. The first kappa shape index (κ1) is 23.9. The van der Waals surface area contributed by atoms with E-state index in [1.807, 2.05) is 11.8 Å². The van der Waals surface area contributed by atoms with Gasteiger partial charge in [0.2, 0.25) is 6.71 Å². The quantitative estimate of drug-likeness (QED) is 0.244. The first-order valence-corrected chi connectivity index (χ1v) is 15.1. The van der Waals surface area contributed by atoms with Crippen molar-refractivity contribution in [2.45, 2.75) is 31.2 Å². The van der Waals surface area contributed by atoms with E-state index >= 15 is 0 Å². The molecule has 0 fully saturated rings. The van der Waals surface area contributed by atoms with Crippen LogP contribution >= 0.6 is 11.8 Å². The van der Waals surface area contributed by atoms with Crippen LogP contribution in [0.4, 0.5) is 5.69 Å². The van der Waals surface area contributed by atoms with Crippen LogP contribution in [0.5, 0.6) is 0 Å². The van der Waals surface area contributed by atoms with Crippen molar-refractivity contribution in [1.29, 1.82) is 0 Å². The molecule has 2 aliphatic heterocycles. The molecule has 1 unspecified atom stereocenters. The minimum atomic E-state index is -0.182. The minimum absolute atomic E-state index is 0.182. The summed E-state index contributed by atoms with van der Waals surface area (Å²) >= 11 is 1.95. The van der Waals surface area contributed by atoms with E-state index < -0.39 is 0 Å². The zero-order chi connectivity index (χ0) is 26.8. The van der Waals surface area contributed by atoms with Gasteiger partial charge in [-0.15, -0.1) is 0 Å². The molecule has 3 heteroatoms. The van der Waals surface area contributed by atoms with Crippen molar-refractivity contribution in [2.24, 2.45) is 5.41 Å². The molecule has 1 atom stereocenters. The van der Waals surface area contributed by atoms with Crippen molar-refractivity contribution < 1.29 is 0 Å². The average molecular weight is 532 g/mol. The molecule has 0 N–H and O–H groups in total. The van der Waals surface area contributed by atoms with Crippen LogP contribution in [0, 0.1) is 5.41 Å². The summed E-state index contributed by atoms with van der Waals surface area (Å²) in [5, 5.41) is 0. The summed E-state index contributed by atoms with van der Waals surface area (Å²) in [5.74, 6) is 0. The van der Waals surface area contributed by atoms with Gasteiger partial charge in [-0.1, -0.05) is 151 Å². The fourth-order valence-electron chi connectivity index (χ4n) is 7.57. The number of thioether (sulfide) groups is 1. The smallest absolute Gasteiger partial charge is 0.241 e. The minimum Gasteiger partial charge on any atom is -0.335 e. The number of nitrogens with zero attached hydrogens (tertiary/aromatic N) is 1. The second kappa shape index (κ2) is 9.04. The number of allylic oxidation sites excluding steroid dienone is 4. The highest BCUT2D eigenvalue weighted by Gasteiger charge is 2.55. The molecule has 0 spiro atoms. The van der Waals surface area contributed by atoms with Crippen molar-refractivity contribution >= 4 is 40.8 Å². The van der Waals surface area contributed by atoms with E-state index in [0.29, 0.717) is 0 Å². The Morgan fingerprint density at radius 3 is 2.10 bits per heavy atom. The summed E-state index contributed by atoms with van der Waals surface area (Å²) in [4.78, 5) is 5.51. The van der Waals surface area contributed by atoms with Crippen LogP contribution in [-0.2, 0) is 0 Å². The molecule has 4 aromatic carbocycles. The molecule has 0 saturated heterocycles. The molecule has 0 radical (unpaired) electrons. The van der Waals surface area contributed by atoms with Crippen LogP contribution in [0.1, 0.15) is 31.4 Å². The van der Waals surface area contributed by atoms with E-state index in [9.17, 15) is 0 Å². The molecule has 2 heterocycles. The van der Waals surface area contributed by atoms with Gasteiger partial charge in [-0.2, -0.15) is 0 Å². The molecule has 8 rings (SSSR count).